The number of hydrogen-bond acceptors (Lipinski definition) is 3. The molecule has 0 spiro atoms. The zero-order valence-corrected chi connectivity index (χ0v) is 15.0. The Balaban J connectivity index is 1.52. The maximum absolute atomic E-state index is 13.8. The average Bonchev–Trinajstić information content (AvgIpc) is 2.66. The summed E-state index contributed by atoms with van der Waals surface area (Å²) in [5, 5.41) is 0. The molecule has 0 saturated carbocycles. The topological polar surface area (TPSA) is 49.9 Å². The summed E-state index contributed by atoms with van der Waals surface area (Å²) in [6, 6.07) is 10.3. The van der Waals surface area contributed by atoms with E-state index in [1.54, 1.807) is 11.0 Å². The molecular formula is C20H20F2N2O3. The number of amides is 2. The number of benzene rings is 2. The van der Waals surface area contributed by atoms with Gasteiger partial charge in [0.15, 0.2) is 6.61 Å². The third-order valence-electron chi connectivity index (χ3n) is 4.43. The number of piperazine rings is 1. The molecule has 0 atom stereocenters. The fourth-order valence-corrected chi connectivity index (χ4v) is 2.93. The van der Waals surface area contributed by atoms with Crippen LogP contribution in [0.1, 0.15) is 15.9 Å². The van der Waals surface area contributed by atoms with Gasteiger partial charge in [0.2, 0.25) is 0 Å². The van der Waals surface area contributed by atoms with Gasteiger partial charge in [-0.15, -0.1) is 0 Å². The summed E-state index contributed by atoms with van der Waals surface area (Å²) in [4.78, 5) is 27.7. The van der Waals surface area contributed by atoms with Crippen LogP contribution in [0.25, 0.3) is 0 Å². The Morgan fingerprint density at radius 3 is 2.37 bits per heavy atom. The van der Waals surface area contributed by atoms with Crippen LogP contribution in [-0.2, 0) is 4.79 Å². The summed E-state index contributed by atoms with van der Waals surface area (Å²) in [7, 11) is 0. The van der Waals surface area contributed by atoms with Gasteiger partial charge in [-0.05, 0) is 36.8 Å². The predicted molar refractivity (Wildman–Crippen MR) is 95.5 cm³/mol. The molecule has 0 aliphatic carbocycles. The number of aryl methyl sites for hydroxylation is 1. The molecule has 27 heavy (non-hydrogen) atoms. The van der Waals surface area contributed by atoms with E-state index in [9.17, 15) is 18.4 Å². The van der Waals surface area contributed by atoms with Crippen molar-refractivity contribution in [3.05, 3.63) is 65.2 Å². The van der Waals surface area contributed by atoms with Gasteiger partial charge in [-0.3, -0.25) is 9.59 Å². The Labute approximate surface area is 156 Å². The number of hydrogen-bond donors (Lipinski definition) is 0. The number of halogens is 2. The molecule has 0 unspecified atom stereocenters. The van der Waals surface area contributed by atoms with Crippen LogP contribution in [0.15, 0.2) is 42.5 Å². The normalized spacial score (nSPS) is 14.2. The summed E-state index contributed by atoms with van der Waals surface area (Å²) in [6.07, 6.45) is 0. The number of rotatable bonds is 4. The number of carbonyl (C=O) groups excluding carboxylic acids is 2. The van der Waals surface area contributed by atoms with Crippen LogP contribution in [0.3, 0.4) is 0 Å². The van der Waals surface area contributed by atoms with Crippen molar-refractivity contribution in [3.63, 3.8) is 0 Å². The second-order valence-corrected chi connectivity index (χ2v) is 6.40. The molecule has 1 aliphatic rings. The van der Waals surface area contributed by atoms with E-state index in [-0.39, 0.29) is 31.2 Å². The molecule has 0 bridgehead atoms. The Morgan fingerprint density at radius 2 is 1.70 bits per heavy atom. The van der Waals surface area contributed by atoms with E-state index in [0.717, 1.165) is 17.7 Å². The van der Waals surface area contributed by atoms with E-state index in [2.05, 4.69) is 0 Å². The lowest BCUT2D eigenvalue weighted by Crippen LogP contribution is -2.51. The van der Waals surface area contributed by atoms with Crippen molar-refractivity contribution in [2.45, 2.75) is 6.92 Å². The number of nitrogens with zero attached hydrogens (tertiary/aromatic N) is 2. The van der Waals surface area contributed by atoms with Gasteiger partial charge >= 0.3 is 0 Å². The van der Waals surface area contributed by atoms with E-state index < -0.39 is 17.5 Å². The lowest BCUT2D eigenvalue weighted by Gasteiger charge is -2.34. The van der Waals surface area contributed by atoms with Gasteiger partial charge in [0.05, 0.1) is 5.56 Å². The smallest absolute Gasteiger partial charge is 0.260 e. The van der Waals surface area contributed by atoms with Gasteiger partial charge in [-0.1, -0.05) is 12.1 Å². The first-order valence-electron chi connectivity index (χ1n) is 8.65. The molecule has 7 heteroatoms. The van der Waals surface area contributed by atoms with E-state index >= 15 is 0 Å². The molecule has 142 valence electrons. The van der Waals surface area contributed by atoms with Crippen LogP contribution < -0.4 is 4.74 Å². The first-order valence-corrected chi connectivity index (χ1v) is 8.65. The summed E-state index contributed by atoms with van der Waals surface area (Å²) in [5.74, 6) is -1.66. The van der Waals surface area contributed by atoms with Gasteiger partial charge in [0, 0.05) is 32.2 Å². The first kappa shape index (κ1) is 18.8. The summed E-state index contributed by atoms with van der Waals surface area (Å²) in [6.45, 7) is 3.10. The predicted octanol–water partition coefficient (Wildman–Crippen LogP) is 2.64. The van der Waals surface area contributed by atoms with Crippen molar-refractivity contribution in [3.8, 4) is 5.75 Å². The molecule has 0 N–H and O–H groups in total. The quantitative estimate of drug-likeness (QED) is 0.827. The van der Waals surface area contributed by atoms with Crippen LogP contribution in [0.5, 0.6) is 5.75 Å². The largest absolute Gasteiger partial charge is 0.484 e. The molecule has 5 nitrogen and oxygen atoms in total. The fraction of sp³-hybridized carbons (Fsp3) is 0.300. The molecule has 1 heterocycles. The Bertz CT molecular complexity index is 849. The molecule has 3 rings (SSSR count). The van der Waals surface area contributed by atoms with Gasteiger partial charge in [0.1, 0.15) is 17.4 Å². The maximum atomic E-state index is 13.8. The van der Waals surface area contributed by atoms with Crippen LogP contribution in [0.4, 0.5) is 8.78 Å². The second kappa shape index (κ2) is 8.16. The van der Waals surface area contributed by atoms with Gasteiger partial charge in [-0.25, -0.2) is 8.78 Å². The van der Waals surface area contributed by atoms with Crippen molar-refractivity contribution in [2.24, 2.45) is 0 Å². The van der Waals surface area contributed by atoms with Crippen molar-refractivity contribution in [1.29, 1.82) is 0 Å². The summed E-state index contributed by atoms with van der Waals surface area (Å²) < 4.78 is 32.3. The lowest BCUT2D eigenvalue weighted by molar-refractivity contribution is -0.134. The van der Waals surface area contributed by atoms with Crippen LogP contribution >= 0.6 is 0 Å². The highest BCUT2D eigenvalue weighted by Crippen LogP contribution is 2.15. The Morgan fingerprint density at radius 1 is 1.00 bits per heavy atom. The molecule has 1 saturated heterocycles. The Kier molecular flexibility index (Phi) is 5.69. The third kappa shape index (κ3) is 4.61. The Hall–Kier alpha value is -2.96. The minimum absolute atomic E-state index is 0.0794. The second-order valence-electron chi connectivity index (χ2n) is 6.40. The van der Waals surface area contributed by atoms with E-state index in [1.807, 2.05) is 25.1 Å². The van der Waals surface area contributed by atoms with Crippen LogP contribution in [0.2, 0.25) is 0 Å². The minimum atomic E-state index is -0.884. The number of ether oxygens (including phenoxy) is 1. The zero-order chi connectivity index (χ0) is 19.4. The van der Waals surface area contributed by atoms with Crippen LogP contribution in [-0.4, -0.2) is 54.4 Å². The first-order chi connectivity index (χ1) is 12.9. The van der Waals surface area contributed by atoms with Gasteiger partial charge < -0.3 is 14.5 Å². The highest BCUT2D eigenvalue weighted by Gasteiger charge is 2.26. The number of carbonyl (C=O) groups is 2. The summed E-state index contributed by atoms with van der Waals surface area (Å²) in [5.41, 5.74) is 0.874. The lowest BCUT2D eigenvalue weighted by atomic mass is 10.1. The van der Waals surface area contributed by atoms with Crippen molar-refractivity contribution in [2.75, 3.05) is 32.8 Å². The highest BCUT2D eigenvalue weighted by atomic mass is 19.1. The van der Waals surface area contributed by atoms with Crippen molar-refractivity contribution >= 4 is 11.8 Å². The van der Waals surface area contributed by atoms with E-state index in [1.165, 1.54) is 4.90 Å². The van der Waals surface area contributed by atoms with Gasteiger partial charge in [-0.2, -0.15) is 0 Å². The molecule has 2 aromatic carbocycles. The molecule has 1 fully saturated rings. The maximum Gasteiger partial charge on any atom is 0.260 e. The molecule has 2 aromatic rings. The third-order valence-corrected chi connectivity index (χ3v) is 4.43. The van der Waals surface area contributed by atoms with Crippen LogP contribution in [0, 0.1) is 18.6 Å². The van der Waals surface area contributed by atoms with Gasteiger partial charge in [0.25, 0.3) is 11.8 Å². The molecule has 0 aromatic heterocycles. The van der Waals surface area contributed by atoms with E-state index in [4.69, 9.17) is 4.74 Å². The van der Waals surface area contributed by atoms with Crippen molar-refractivity contribution in [1.82, 2.24) is 9.80 Å². The fourth-order valence-electron chi connectivity index (χ4n) is 2.93. The molecular weight excluding hydrogens is 354 g/mol. The minimum Gasteiger partial charge on any atom is -0.484 e. The highest BCUT2D eigenvalue weighted by molar-refractivity contribution is 5.94. The SMILES string of the molecule is Cc1cccc(OCC(=O)N2CCN(C(=O)c3ccc(F)cc3F)CC2)c1. The average molecular weight is 374 g/mol. The molecule has 2 amide bonds. The monoisotopic (exact) mass is 374 g/mol. The van der Waals surface area contributed by atoms with E-state index in [0.29, 0.717) is 24.9 Å². The zero-order valence-electron chi connectivity index (χ0n) is 15.0. The molecule has 1 aliphatic heterocycles. The summed E-state index contributed by atoms with van der Waals surface area (Å²) >= 11 is 0. The molecule has 0 radical (unpaired) electrons. The standard InChI is InChI=1S/C20H20F2N2O3/c1-14-3-2-4-16(11-14)27-13-19(25)23-7-9-24(10-8-23)20(26)17-6-5-15(21)12-18(17)22/h2-6,11-12H,7-10,13H2,1H3. The van der Waals surface area contributed by atoms with Crippen molar-refractivity contribution < 1.29 is 23.1 Å².